The molecule has 1 aliphatic heterocycles. The van der Waals surface area contributed by atoms with Crippen molar-refractivity contribution in [1.82, 2.24) is 9.13 Å². The van der Waals surface area contributed by atoms with Gasteiger partial charge in [0.25, 0.3) is 5.56 Å². The van der Waals surface area contributed by atoms with Crippen molar-refractivity contribution >= 4 is 34.3 Å². The summed E-state index contributed by atoms with van der Waals surface area (Å²) in [6.45, 7) is 8.11. The van der Waals surface area contributed by atoms with Crippen molar-refractivity contribution in [3.8, 4) is 0 Å². The van der Waals surface area contributed by atoms with Gasteiger partial charge in [-0.25, -0.2) is 9.79 Å². The molecule has 3 heterocycles. The monoisotopic (exact) mass is 499 g/mol. The van der Waals surface area contributed by atoms with Crippen molar-refractivity contribution in [3.05, 3.63) is 102 Å². The molecule has 0 saturated heterocycles. The third kappa shape index (κ3) is 4.03. The lowest BCUT2D eigenvalue weighted by Crippen LogP contribution is -2.39. The molecule has 184 valence electrons. The second-order valence-electron chi connectivity index (χ2n) is 9.34. The van der Waals surface area contributed by atoms with E-state index in [1.54, 1.807) is 11.5 Å². The Bertz CT molecular complexity index is 1680. The van der Waals surface area contributed by atoms with Gasteiger partial charge >= 0.3 is 5.97 Å². The molecule has 1 unspecified atom stereocenters. The third-order valence-electron chi connectivity index (χ3n) is 6.65. The number of carbonyl (C=O) groups excluding carboxylic acids is 1. The lowest BCUT2D eigenvalue weighted by molar-refractivity contribution is -0.139. The Hall–Kier alpha value is -3.71. The minimum absolute atomic E-state index is 0.168. The first-order chi connectivity index (χ1) is 17.3. The fourth-order valence-electron chi connectivity index (χ4n) is 4.80. The molecule has 1 atom stereocenters. The molecule has 5 rings (SSSR count). The van der Waals surface area contributed by atoms with E-state index in [0.717, 1.165) is 22.0 Å². The first kappa shape index (κ1) is 24.0. The van der Waals surface area contributed by atoms with E-state index in [1.807, 2.05) is 50.5 Å². The number of hydrogen-bond donors (Lipinski definition) is 0. The lowest BCUT2D eigenvalue weighted by atomic mass is 9.93. The predicted molar refractivity (Wildman–Crippen MR) is 144 cm³/mol. The maximum atomic E-state index is 13.9. The number of esters is 1. The van der Waals surface area contributed by atoms with E-state index in [-0.39, 0.29) is 12.2 Å². The van der Waals surface area contributed by atoms with Gasteiger partial charge in [-0.2, -0.15) is 0 Å². The first-order valence-corrected chi connectivity index (χ1v) is 13.0. The highest BCUT2D eigenvalue weighted by molar-refractivity contribution is 7.07. The fourth-order valence-corrected chi connectivity index (χ4v) is 5.84. The minimum atomic E-state index is -0.601. The zero-order valence-electron chi connectivity index (χ0n) is 21.1. The summed E-state index contributed by atoms with van der Waals surface area (Å²) in [6.07, 6.45) is 3.95. The molecule has 0 bridgehead atoms. The Balaban J connectivity index is 1.73. The SMILES string of the molecule is CCOC(=O)C1=C(C)N=c2s/c(=C\c3cn(C)c4ccccc34)c(=O)n2C1c1ccc(C(C)C)cc1. The molecule has 6 nitrogen and oxygen atoms in total. The largest absolute Gasteiger partial charge is 0.463 e. The summed E-state index contributed by atoms with van der Waals surface area (Å²) < 4.78 is 9.67. The van der Waals surface area contributed by atoms with Crippen molar-refractivity contribution in [1.29, 1.82) is 0 Å². The number of allylic oxidation sites excluding steroid dienone is 1. The van der Waals surface area contributed by atoms with Crippen LogP contribution in [-0.2, 0) is 16.6 Å². The Morgan fingerprint density at radius 1 is 1.17 bits per heavy atom. The van der Waals surface area contributed by atoms with Crippen LogP contribution in [0.4, 0.5) is 0 Å². The van der Waals surface area contributed by atoms with Crippen LogP contribution in [-0.4, -0.2) is 21.7 Å². The molecule has 2 aromatic carbocycles. The second kappa shape index (κ2) is 9.39. The van der Waals surface area contributed by atoms with Crippen LogP contribution >= 0.6 is 11.3 Å². The van der Waals surface area contributed by atoms with E-state index in [4.69, 9.17) is 4.74 Å². The lowest BCUT2D eigenvalue weighted by Gasteiger charge is -2.25. The van der Waals surface area contributed by atoms with E-state index >= 15 is 0 Å². The number of rotatable bonds is 5. The highest BCUT2D eigenvalue weighted by Crippen LogP contribution is 2.31. The van der Waals surface area contributed by atoms with Crippen molar-refractivity contribution in [3.63, 3.8) is 0 Å². The molecular formula is C29H29N3O3S. The number of ether oxygens (including phenoxy) is 1. The number of thiazole rings is 1. The topological polar surface area (TPSA) is 65.6 Å². The van der Waals surface area contributed by atoms with Crippen molar-refractivity contribution < 1.29 is 9.53 Å². The Labute approximate surface area is 213 Å². The zero-order chi connectivity index (χ0) is 25.6. The maximum Gasteiger partial charge on any atom is 0.338 e. The van der Waals surface area contributed by atoms with Gasteiger partial charge in [-0.3, -0.25) is 9.36 Å². The van der Waals surface area contributed by atoms with E-state index in [2.05, 4.69) is 47.7 Å². The van der Waals surface area contributed by atoms with Crippen molar-refractivity contribution in [2.75, 3.05) is 6.61 Å². The Kier molecular flexibility index (Phi) is 6.26. The van der Waals surface area contributed by atoms with Gasteiger partial charge in [0, 0.05) is 29.7 Å². The number of nitrogens with zero attached hydrogens (tertiary/aromatic N) is 3. The standard InChI is InChI=1S/C29H29N3O3S/c1-6-35-28(34)25-18(4)30-29-32(26(25)20-13-11-19(12-14-20)17(2)3)27(33)24(36-29)15-21-16-31(5)23-10-8-7-9-22(21)23/h7-17,26H,6H2,1-5H3/b24-15-. The zero-order valence-corrected chi connectivity index (χ0v) is 21.9. The summed E-state index contributed by atoms with van der Waals surface area (Å²) in [5.74, 6) is -0.0661. The maximum absolute atomic E-state index is 13.9. The van der Waals surface area contributed by atoms with Crippen LogP contribution in [0.5, 0.6) is 0 Å². The molecule has 0 radical (unpaired) electrons. The van der Waals surface area contributed by atoms with Crippen LogP contribution in [0.2, 0.25) is 0 Å². The summed E-state index contributed by atoms with van der Waals surface area (Å²) in [5.41, 5.74) is 4.93. The predicted octanol–water partition coefficient (Wildman–Crippen LogP) is 4.41. The van der Waals surface area contributed by atoms with Gasteiger partial charge in [-0.05, 0) is 43.0 Å². The van der Waals surface area contributed by atoms with Crippen LogP contribution in [0, 0.1) is 0 Å². The number of para-hydroxylation sites is 1. The summed E-state index contributed by atoms with van der Waals surface area (Å²) in [6, 6.07) is 15.6. The minimum Gasteiger partial charge on any atom is -0.463 e. The van der Waals surface area contributed by atoms with Crippen LogP contribution < -0.4 is 14.9 Å². The first-order valence-electron chi connectivity index (χ1n) is 12.1. The number of fused-ring (bicyclic) bond motifs is 2. The van der Waals surface area contributed by atoms with Gasteiger partial charge in [0.15, 0.2) is 4.80 Å². The van der Waals surface area contributed by atoms with Crippen molar-refractivity contribution in [2.45, 2.75) is 39.7 Å². The normalized spacial score (nSPS) is 15.9. The quantitative estimate of drug-likeness (QED) is 0.382. The molecule has 0 fully saturated rings. The summed E-state index contributed by atoms with van der Waals surface area (Å²) in [4.78, 5) is 32.2. The summed E-state index contributed by atoms with van der Waals surface area (Å²) in [5, 5.41) is 1.08. The molecule has 2 aromatic heterocycles. The Morgan fingerprint density at radius 2 is 1.89 bits per heavy atom. The molecular weight excluding hydrogens is 470 g/mol. The molecule has 0 saturated carbocycles. The highest BCUT2D eigenvalue weighted by atomic mass is 32.1. The van der Waals surface area contributed by atoms with Gasteiger partial charge in [0.05, 0.1) is 28.5 Å². The average molecular weight is 500 g/mol. The molecule has 0 aliphatic carbocycles. The molecule has 0 spiro atoms. The van der Waals surface area contributed by atoms with E-state index in [0.29, 0.717) is 26.5 Å². The number of carbonyl (C=O) groups is 1. The molecule has 4 aromatic rings. The average Bonchev–Trinajstić information content (AvgIpc) is 3.34. The molecule has 0 amide bonds. The number of aromatic nitrogens is 2. The molecule has 7 heteroatoms. The van der Waals surface area contributed by atoms with Gasteiger partial charge < -0.3 is 9.30 Å². The van der Waals surface area contributed by atoms with E-state index in [1.165, 1.54) is 16.9 Å². The van der Waals surface area contributed by atoms with Crippen LogP contribution in [0.25, 0.3) is 17.0 Å². The van der Waals surface area contributed by atoms with Crippen LogP contribution in [0.15, 0.2) is 75.8 Å². The van der Waals surface area contributed by atoms with Crippen LogP contribution in [0.3, 0.4) is 0 Å². The van der Waals surface area contributed by atoms with E-state index in [9.17, 15) is 9.59 Å². The highest BCUT2D eigenvalue weighted by Gasteiger charge is 2.33. The molecule has 0 N–H and O–H groups in total. The van der Waals surface area contributed by atoms with Gasteiger partial charge in [-0.1, -0.05) is 67.6 Å². The van der Waals surface area contributed by atoms with Gasteiger partial charge in [0.1, 0.15) is 0 Å². The Morgan fingerprint density at radius 3 is 2.58 bits per heavy atom. The fraction of sp³-hybridized carbons (Fsp3) is 0.276. The summed E-state index contributed by atoms with van der Waals surface area (Å²) in [7, 11) is 2.00. The number of hydrogen-bond acceptors (Lipinski definition) is 5. The number of benzene rings is 2. The van der Waals surface area contributed by atoms with Gasteiger partial charge in [0.2, 0.25) is 0 Å². The van der Waals surface area contributed by atoms with Crippen LogP contribution in [0.1, 0.15) is 56.3 Å². The smallest absolute Gasteiger partial charge is 0.338 e. The third-order valence-corrected chi connectivity index (χ3v) is 7.63. The molecule has 36 heavy (non-hydrogen) atoms. The van der Waals surface area contributed by atoms with E-state index < -0.39 is 12.0 Å². The summed E-state index contributed by atoms with van der Waals surface area (Å²) >= 11 is 1.34. The number of aryl methyl sites for hydroxylation is 1. The van der Waals surface area contributed by atoms with Crippen molar-refractivity contribution in [2.24, 2.45) is 12.0 Å². The molecule has 1 aliphatic rings. The second-order valence-corrected chi connectivity index (χ2v) is 10.3. The van der Waals surface area contributed by atoms with Gasteiger partial charge in [-0.15, -0.1) is 0 Å².